The summed E-state index contributed by atoms with van der Waals surface area (Å²) < 4.78 is 28.9. The third kappa shape index (κ3) is 4.31. The summed E-state index contributed by atoms with van der Waals surface area (Å²) >= 11 is 0. The molecule has 0 aliphatic carbocycles. The summed E-state index contributed by atoms with van der Waals surface area (Å²) in [5.41, 5.74) is 6.17. The highest BCUT2D eigenvalue weighted by Crippen LogP contribution is 2.14. The fourth-order valence-corrected chi connectivity index (χ4v) is 2.70. The highest BCUT2D eigenvalue weighted by atomic mass is 32.2. The lowest BCUT2D eigenvalue weighted by atomic mass is 10.3. The highest BCUT2D eigenvalue weighted by molar-refractivity contribution is 7.86. The number of anilines is 1. The van der Waals surface area contributed by atoms with Crippen LogP contribution in [0.15, 0.2) is 24.3 Å². The Morgan fingerprint density at radius 1 is 1.24 bits per heavy atom. The van der Waals surface area contributed by atoms with E-state index in [0.717, 1.165) is 4.31 Å². The fourth-order valence-electron chi connectivity index (χ4n) is 2.03. The van der Waals surface area contributed by atoms with Crippen molar-refractivity contribution in [1.82, 2.24) is 9.21 Å². The van der Waals surface area contributed by atoms with E-state index in [0.29, 0.717) is 24.5 Å². The number of piperazine rings is 1. The third-order valence-corrected chi connectivity index (χ3v) is 4.26. The number of nitrogen functional groups attached to an aromatic ring is 1. The number of carbonyl (C=O) groups is 1. The molecule has 4 N–H and O–H groups in total. The Bertz CT molecular complexity index is 611. The summed E-state index contributed by atoms with van der Waals surface area (Å²) in [7, 11) is -3.68. The Hall–Kier alpha value is -1.84. The van der Waals surface area contributed by atoms with E-state index >= 15 is 0 Å². The van der Waals surface area contributed by atoms with E-state index < -0.39 is 10.2 Å². The first kappa shape index (κ1) is 15.5. The van der Waals surface area contributed by atoms with Crippen LogP contribution in [0.5, 0.6) is 5.75 Å². The van der Waals surface area contributed by atoms with E-state index in [1.54, 1.807) is 29.2 Å². The van der Waals surface area contributed by atoms with Crippen molar-refractivity contribution in [2.24, 2.45) is 5.14 Å². The van der Waals surface area contributed by atoms with Gasteiger partial charge in [0.05, 0.1) is 0 Å². The standard InChI is InChI=1S/C12H18N4O4S/c13-10-2-1-3-11(8-10)20-9-12(17)15-4-6-16(7-5-15)21(14,18)19/h1-3,8H,4-7,9,13H2,(H2,14,18,19). The van der Waals surface area contributed by atoms with Crippen molar-refractivity contribution in [2.45, 2.75) is 0 Å². The maximum Gasteiger partial charge on any atom is 0.277 e. The monoisotopic (exact) mass is 314 g/mol. The molecular formula is C12H18N4O4S. The predicted molar refractivity (Wildman–Crippen MR) is 77.6 cm³/mol. The summed E-state index contributed by atoms with van der Waals surface area (Å²) in [5.74, 6) is 0.318. The molecule has 1 aromatic carbocycles. The number of ether oxygens (including phenoxy) is 1. The Morgan fingerprint density at radius 2 is 1.90 bits per heavy atom. The Balaban J connectivity index is 1.83. The molecule has 1 heterocycles. The molecule has 1 aliphatic rings. The molecule has 1 fully saturated rings. The molecule has 2 rings (SSSR count). The number of benzene rings is 1. The SMILES string of the molecule is Nc1cccc(OCC(=O)N2CCN(S(N)(=O)=O)CC2)c1. The number of hydrogen-bond acceptors (Lipinski definition) is 5. The Kier molecular flexibility index (Phi) is 4.66. The first-order valence-corrected chi connectivity index (χ1v) is 7.90. The quantitative estimate of drug-likeness (QED) is 0.691. The zero-order valence-electron chi connectivity index (χ0n) is 11.4. The summed E-state index contributed by atoms with van der Waals surface area (Å²) in [6.45, 7) is 0.885. The largest absolute Gasteiger partial charge is 0.484 e. The van der Waals surface area contributed by atoms with Crippen LogP contribution in [0.1, 0.15) is 0 Å². The van der Waals surface area contributed by atoms with Crippen LogP contribution in [0.25, 0.3) is 0 Å². The molecule has 1 amide bonds. The van der Waals surface area contributed by atoms with E-state index in [4.69, 9.17) is 15.6 Å². The molecule has 0 bridgehead atoms. The molecule has 0 aromatic heterocycles. The molecule has 1 saturated heterocycles. The second kappa shape index (κ2) is 6.29. The van der Waals surface area contributed by atoms with Crippen LogP contribution >= 0.6 is 0 Å². The van der Waals surface area contributed by atoms with Crippen LogP contribution in [0.4, 0.5) is 5.69 Å². The number of hydrogen-bond donors (Lipinski definition) is 2. The maximum absolute atomic E-state index is 12.0. The van der Waals surface area contributed by atoms with Gasteiger partial charge in [0.25, 0.3) is 16.1 Å². The summed E-state index contributed by atoms with van der Waals surface area (Å²) in [5, 5.41) is 5.04. The van der Waals surface area contributed by atoms with Gasteiger partial charge in [-0.15, -0.1) is 0 Å². The van der Waals surface area contributed by atoms with Crippen molar-refractivity contribution < 1.29 is 17.9 Å². The average molecular weight is 314 g/mol. The first-order valence-electron chi connectivity index (χ1n) is 6.40. The topological polar surface area (TPSA) is 119 Å². The van der Waals surface area contributed by atoms with Gasteiger partial charge in [-0.1, -0.05) is 6.07 Å². The van der Waals surface area contributed by atoms with Crippen LogP contribution in [-0.2, 0) is 15.0 Å². The maximum atomic E-state index is 12.0. The molecule has 0 atom stereocenters. The van der Waals surface area contributed by atoms with Gasteiger partial charge in [0.15, 0.2) is 6.61 Å². The highest BCUT2D eigenvalue weighted by Gasteiger charge is 2.26. The van der Waals surface area contributed by atoms with Gasteiger partial charge in [0, 0.05) is 37.9 Å². The lowest BCUT2D eigenvalue weighted by Gasteiger charge is -2.32. The molecule has 1 aromatic rings. The number of nitrogens with two attached hydrogens (primary N) is 2. The Labute approximate surface area is 123 Å². The van der Waals surface area contributed by atoms with Crippen molar-refractivity contribution >= 4 is 21.8 Å². The summed E-state index contributed by atoms with van der Waals surface area (Å²) in [6.07, 6.45) is 0. The second-order valence-electron chi connectivity index (χ2n) is 4.69. The van der Waals surface area contributed by atoms with E-state index in [-0.39, 0.29) is 25.6 Å². The van der Waals surface area contributed by atoms with Crippen LogP contribution < -0.4 is 15.6 Å². The van der Waals surface area contributed by atoms with Gasteiger partial charge in [-0.25, -0.2) is 5.14 Å². The molecule has 1 aliphatic heterocycles. The minimum Gasteiger partial charge on any atom is -0.484 e. The molecule has 9 heteroatoms. The normalized spacial score (nSPS) is 16.7. The number of carbonyl (C=O) groups excluding carboxylic acids is 1. The van der Waals surface area contributed by atoms with Gasteiger partial charge >= 0.3 is 0 Å². The van der Waals surface area contributed by atoms with Gasteiger partial charge < -0.3 is 15.4 Å². The van der Waals surface area contributed by atoms with Crippen molar-refractivity contribution in [3.63, 3.8) is 0 Å². The van der Waals surface area contributed by atoms with Gasteiger partial charge in [0.1, 0.15) is 5.75 Å². The molecule has 0 radical (unpaired) electrons. The van der Waals surface area contributed by atoms with E-state index in [9.17, 15) is 13.2 Å². The zero-order chi connectivity index (χ0) is 15.5. The van der Waals surface area contributed by atoms with Crippen LogP contribution in [0.2, 0.25) is 0 Å². The summed E-state index contributed by atoms with van der Waals surface area (Å²) in [6, 6.07) is 6.80. The van der Waals surface area contributed by atoms with Crippen molar-refractivity contribution in [1.29, 1.82) is 0 Å². The van der Waals surface area contributed by atoms with Crippen molar-refractivity contribution in [3.05, 3.63) is 24.3 Å². The summed E-state index contributed by atoms with van der Waals surface area (Å²) in [4.78, 5) is 13.5. The minimum absolute atomic E-state index is 0.112. The predicted octanol–water partition coefficient (Wildman–Crippen LogP) is -1.00. The van der Waals surface area contributed by atoms with Gasteiger partial charge in [0.2, 0.25) is 0 Å². The van der Waals surface area contributed by atoms with Crippen molar-refractivity contribution in [3.8, 4) is 5.75 Å². The van der Waals surface area contributed by atoms with Crippen LogP contribution in [0.3, 0.4) is 0 Å². The number of amides is 1. The van der Waals surface area contributed by atoms with Crippen LogP contribution in [-0.4, -0.2) is 56.3 Å². The molecule has 116 valence electrons. The van der Waals surface area contributed by atoms with Gasteiger partial charge in [-0.05, 0) is 12.1 Å². The van der Waals surface area contributed by atoms with Gasteiger partial charge in [-0.2, -0.15) is 12.7 Å². The molecule has 0 saturated carbocycles. The molecule has 8 nitrogen and oxygen atoms in total. The smallest absolute Gasteiger partial charge is 0.277 e. The lowest BCUT2D eigenvalue weighted by Crippen LogP contribution is -2.53. The number of rotatable bonds is 4. The molecule has 21 heavy (non-hydrogen) atoms. The van der Waals surface area contributed by atoms with E-state index in [1.807, 2.05) is 0 Å². The second-order valence-corrected chi connectivity index (χ2v) is 6.23. The third-order valence-electron chi connectivity index (χ3n) is 3.17. The average Bonchev–Trinajstić information content (AvgIpc) is 2.44. The molecular weight excluding hydrogens is 296 g/mol. The van der Waals surface area contributed by atoms with Gasteiger partial charge in [-0.3, -0.25) is 4.79 Å². The number of nitrogens with zero attached hydrogens (tertiary/aromatic N) is 2. The zero-order valence-corrected chi connectivity index (χ0v) is 12.3. The molecule has 0 unspecified atom stereocenters. The fraction of sp³-hybridized carbons (Fsp3) is 0.417. The minimum atomic E-state index is -3.68. The van der Waals surface area contributed by atoms with Crippen LogP contribution in [0, 0.1) is 0 Å². The Morgan fingerprint density at radius 3 is 2.48 bits per heavy atom. The van der Waals surface area contributed by atoms with E-state index in [2.05, 4.69) is 0 Å². The first-order chi connectivity index (χ1) is 9.86. The lowest BCUT2D eigenvalue weighted by molar-refractivity contribution is -0.134. The van der Waals surface area contributed by atoms with Crippen molar-refractivity contribution in [2.75, 3.05) is 38.5 Å². The molecule has 0 spiro atoms. The van der Waals surface area contributed by atoms with E-state index in [1.165, 1.54) is 0 Å².